The molecular weight excluding hydrogens is 262 g/mol. The molecule has 2 aromatic carbocycles. The fourth-order valence-corrected chi connectivity index (χ4v) is 2.65. The molecule has 0 saturated carbocycles. The zero-order valence-electron chi connectivity index (χ0n) is 12.1. The van der Waals surface area contributed by atoms with Gasteiger partial charge in [-0.05, 0) is 49.1 Å². The topological polar surface area (TPSA) is 46.3 Å². The van der Waals surface area contributed by atoms with Crippen LogP contribution in [0, 0.1) is 13.8 Å². The number of aromatic hydroxyl groups is 1. The highest BCUT2D eigenvalue weighted by molar-refractivity contribution is 5.69. The molecule has 0 aliphatic rings. The Hall–Kier alpha value is -2.55. The molecule has 3 nitrogen and oxygen atoms in total. The van der Waals surface area contributed by atoms with E-state index in [0.29, 0.717) is 0 Å². The first-order valence-corrected chi connectivity index (χ1v) is 6.93. The van der Waals surface area contributed by atoms with Crippen molar-refractivity contribution >= 4 is 0 Å². The minimum absolute atomic E-state index is 0.262. The second-order valence-corrected chi connectivity index (χ2v) is 5.25. The van der Waals surface area contributed by atoms with Gasteiger partial charge in [-0.15, -0.1) is 0 Å². The molecule has 1 heterocycles. The molecule has 1 N–H and O–H groups in total. The van der Waals surface area contributed by atoms with E-state index >= 15 is 0 Å². The van der Waals surface area contributed by atoms with Gasteiger partial charge in [0.2, 0.25) is 0 Å². The normalized spacial score (nSPS) is 10.8. The maximum Gasteiger partial charge on any atom is 0.141 e. The molecule has 3 heteroatoms. The Morgan fingerprint density at radius 1 is 1.00 bits per heavy atom. The second kappa shape index (κ2) is 5.44. The molecule has 0 amide bonds. The first kappa shape index (κ1) is 13.4. The molecular formula is C18H17NO2. The Morgan fingerprint density at radius 3 is 2.43 bits per heavy atom. The zero-order valence-corrected chi connectivity index (χ0v) is 12.1. The molecule has 3 aromatic rings. The van der Waals surface area contributed by atoms with Crippen molar-refractivity contribution in [2.24, 2.45) is 0 Å². The van der Waals surface area contributed by atoms with Crippen molar-refractivity contribution in [3.05, 3.63) is 71.1 Å². The van der Waals surface area contributed by atoms with Gasteiger partial charge in [0.15, 0.2) is 0 Å². The lowest BCUT2D eigenvalue weighted by Gasteiger charge is -2.07. The lowest BCUT2D eigenvalue weighted by atomic mass is 9.98. The van der Waals surface area contributed by atoms with Crippen LogP contribution >= 0.6 is 0 Å². The number of phenols is 1. The summed E-state index contributed by atoms with van der Waals surface area (Å²) in [4.78, 5) is 0. The summed E-state index contributed by atoms with van der Waals surface area (Å²) >= 11 is 0. The van der Waals surface area contributed by atoms with E-state index in [1.165, 1.54) is 5.56 Å². The summed E-state index contributed by atoms with van der Waals surface area (Å²) in [6.07, 6.45) is 0.783. The van der Waals surface area contributed by atoms with Gasteiger partial charge in [0.25, 0.3) is 0 Å². The lowest BCUT2D eigenvalue weighted by molar-refractivity contribution is 0.393. The Kier molecular flexibility index (Phi) is 3.48. The summed E-state index contributed by atoms with van der Waals surface area (Å²) in [5.41, 5.74) is 5.02. The van der Waals surface area contributed by atoms with Crippen molar-refractivity contribution in [1.29, 1.82) is 0 Å². The van der Waals surface area contributed by atoms with Crippen LogP contribution in [0.25, 0.3) is 11.1 Å². The molecule has 0 spiro atoms. The fourth-order valence-electron chi connectivity index (χ4n) is 2.65. The number of hydrogen-bond donors (Lipinski definition) is 1. The molecule has 0 aliphatic heterocycles. The van der Waals surface area contributed by atoms with Gasteiger partial charge in [0.1, 0.15) is 11.5 Å². The standard InChI is InChI=1S/C18H17NO2/c1-12-18(13(2)21-19-12)16-9-15(10-17(20)11-16)8-14-6-4-3-5-7-14/h3-7,9-11,20H,8H2,1-2H3. The highest BCUT2D eigenvalue weighted by Crippen LogP contribution is 2.31. The van der Waals surface area contributed by atoms with E-state index in [1.807, 2.05) is 32.0 Å². The molecule has 0 bridgehead atoms. The molecule has 3 rings (SSSR count). The fraction of sp³-hybridized carbons (Fsp3) is 0.167. The van der Waals surface area contributed by atoms with E-state index in [1.54, 1.807) is 12.1 Å². The average molecular weight is 279 g/mol. The van der Waals surface area contributed by atoms with E-state index in [2.05, 4.69) is 23.4 Å². The van der Waals surface area contributed by atoms with Gasteiger partial charge in [-0.25, -0.2) is 0 Å². The first-order valence-electron chi connectivity index (χ1n) is 6.93. The van der Waals surface area contributed by atoms with Crippen LogP contribution in [0.2, 0.25) is 0 Å². The molecule has 0 fully saturated rings. The molecule has 0 atom stereocenters. The minimum atomic E-state index is 0.262. The largest absolute Gasteiger partial charge is 0.508 e. The van der Waals surface area contributed by atoms with Crippen LogP contribution in [-0.4, -0.2) is 10.3 Å². The van der Waals surface area contributed by atoms with Crippen molar-refractivity contribution in [3.8, 4) is 16.9 Å². The van der Waals surface area contributed by atoms with Crippen molar-refractivity contribution < 1.29 is 9.63 Å². The van der Waals surface area contributed by atoms with Gasteiger partial charge in [-0.2, -0.15) is 0 Å². The van der Waals surface area contributed by atoms with Crippen LogP contribution in [0.5, 0.6) is 5.75 Å². The van der Waals surface area contributed by atoms with Crippen molar-refractivity contribution in [2.45, 2.75) is 20.3 Å². The number of rotatable bonds is 3. The molecule has 0 aliphatic carbocycles. The van der Waals surface area contributed by atoms with Gasteiger partial charge in [-0.1, -0.05) is 41.6 Å². The van der Waals surface area contributed by atoms with Crippen LogP contribution in [0.4, 0.5) is 0 Å². The number of phenolic OH excluding ortho intramolecular Hbond substituents is 1. The molecule has 1 aromatic heterocycles. The maximum absolute atomic E-state index is 10.0. The summed E-state index contributed by atoms with van der Waals surface area (Å²) in [6.45, 7) is 3.79. The predicted molar refractivity (Wildman–Crippen MR) is 82.3 cm³/mol. The van der Waals surface area contributed by atoms with Crippen molar-refractivity contribution in [1.82, 2.24) is 5.16 Å². The maximum atomic E-state index is 10.0. The van der Waals surface area contributed by atoms with Crippen molar-refractivity contribution in [3.63, 3.8) is 0 Å². The quantitative estimate of drug-likeness (QED) is 0.779. The number of hydrogen-bond acceptors (Lipinski definition) is 3. The predicted octanol–water partition coefficient (Wildman–Crippen LogP) is 4.25. The molecule has 0 saturated heterocycles. The first-order chi connectivity index (χ1) is 10.1. The minimum Gasteiger partial charge on any atom is -0.508 e. The number of nitrogens with zero attached hydrogens (tertiary/aromatic N) is 1. The highest BCUT2D eigenvalue weighted by atomic mass is 16.5. The van der Waals surface area contributed by atoms with Crippen LogP contribution < -0.4 is 0 Å². The van der Waals surface area contributed by atoms with Gasteiger partial charge < -0.3 is 9.63 Å². The highest BCUT2D eigenvalue weighted by Gasteiger charge is 2.13. The second-order valence-electron chi connectivity index (χ2n) is 5.25. The van der Waals surface area contributed by atoms with Crippen LogP contribution in [0.15, 0.2) is 53.1 Å². The van der Waals surface area contributed by atoms with Crippen molar-refractivity contribution in [2.75, 3.05) is 0 Å². The average Bonchev–Trinajstić information content (AvgIpc) is 2.78. The molecule has 21 heavy (non-hydrogen) atoms. The Morgan fingerprint density at radius 2 is 1.76 bits per heavy atom. The van der Waals surface area contributed by atoms with E-state index in [-0.39, 0.29) is 5.75 Å². The van der Waals surface area contributed by atoms with Crippen LogP contribution in [-0.2, 0) is 6.42 Å². The zero-order chi connectivity index (χ0) is 14.8. The number of benzene rings is 2. The lowest BCUT2D eigenvalue weighted by Crippen LogP contribution is -1.90. The number of aryl methyl sites for hydroxylation is 2. The third kappa shape index (κ3) is 2.82. The number of aromatic nitrogens is 1. The third-order valence-electron chi connectivity index (χ3n) is 3.55. The Bertz CT molecular complexity index is 741. The SMILES string of the molecule is Cc1noc(C)c1-c1cc(O)cc(Cc2ccccc2)c1. The van der Waals surface area contributed by atoms with Gasteiger partial charge >= 0.3 is 0 Å². The Labute approximate surface area is 123 Å². The van der Waals surface area contributed by atoms with Crippen LogP contribution in [0.3, 0.4) is 0 Å². The third-order valence-corrected chi connectivity index (χ3v) is 3.55. The molecule has 106 valence electrons. The van der Waals surface area contributed by atoms with Crippen LogP contribution in [0.1, 0.15) is 22.6 Å². The summed E-state index contributed by atoms with van der Waals surface area (Å²) in [6, 6.07) is 15.8. The van der Waals surface area contributed by atoms with Gasteiger partial charge in [-0.3, -0.25) is 0 Å². The summed E-state index contributed by atoms with van der Waals surface area (Å²) in [7, 11) is 0. The monoisotopic (exact) mass is 279 g/mol. The summed E-state index contributed by atoms with van der Waals surface area (Å²) in [5.74, 6) is 1.03. The van der Waals surface area contributed by atoms with E-state index < -0.39 is 0 Å². The molecule has 0 radical (unpaired) electrons. The Balaban J connectivity index is 2.01. The van der Waals surface area contributed by atoms with Gasteiger partial charge in [0, 0.05) is 5.56 Å². The molecule has 0 unspecified atom stereocenters. The summed E-state index contributed by atoms with van der Waals surface area (Å²) in [5, 5.41) is 14.0. The van der Waals surface area contributed by atoms with E-state index in [0.717, 1.165) is 34.6 Å². The van der Waals surface area contributed by atoms with E-state index in [4.69, 9.17) is 4.52 Å². The van der Waals surface area contributed by atoms with E-state index in [9.17, 15) is 5.11 Å². The summed E-state index contributed by atoms with van der Waals surface area (Å²) < 4.78 is 5.22. The van der Waals surface area contributed by atoms with Gasteiger partial charge in [0.05, 0.1) is 5.69 Å². The smallest absolute Gasteiger partial charge is 0.141 e.